The quantitative estimate of drug-likeness (QED) is 0.165. The molecule has 1 heterocycles. The molecule has 1 aromatic heterocycles. The molecule has 0 spiro atoms. The number of anilines is 3. The average Bonchev–Trinajstić information content (AvgIpc) is 3.63. The van der Waals surface area contributed by atoms with Gasteiger partial charge in [0, 0.05) is 27.7 Å². The first-order chi connectivity index (χ1) is 26.8. The number of hydrogen-bond donors (Lipinski definition) is 0. The van der Waals surface area contributed by atoms with Crippen LogP contribution < -0.4 is 4.90 Å². The van der Waals surface area contributed by atoms with Crippen LogP contribution in [-0.2, 0) is 0 Å². The van der Waals surface area contributed by atoms with Crippen molar-refractivity contribution in [2.45, 2.75) is 38.0 Å². The normalized spacial score (nSPS) is 13.5. The fraction of sp³-hybridized carbons (Fsp3) is 0.115. The lowest BCUT2D eigenvalue weighted by Crippen LogP contribution is -2.11. The molecule has 0 aliphatic heterocycles. The highest BCUT2D eigenvalue weighted by Crippen LogP contribution is 2.46. The van der Waals surface area contributed by atoms with Gasteiger partial charge in [-0.25, -0.2) is 0 Å². The summed E-state index contributed by atoms with van der Waals surface area (Å²) in [7, 11) is 0. The molecule has 1 saturated carbocycles. The number of para-hydroxylation sites is 2. The molecule has 1 aliphatic rings. The molecule has 0 saturated heterocycles. The highest BCUT2D eigenvalue weighted by atomic mass is 16.3. The van der Waals surface area contributed by atoms with Gasteiger partial charge in [-0.15, -0.1) is 0 Å². The number of hydrogen-bond acceptors (Lipinski definition) is 2. The summed E-state index contributed by atoms with van der Waals surface area (Å²) >= 11 is 0. The van der Waals surface area contributed by atoms with E-state index in [2.05, 4.69) is 175 Å². The highest BCUT2D eigenvalue weighted by molar-refractivity contribution is 6.06. The highest BCUT2D eigenvalue weighted by Gasteiger charge is 2.23. The van der Waals surface area contributed by atoms with Crippen LogP contribution in [0, 0.1) is 0 Å². The molecule has 2 heteroatoms. The molecular weight excluding hydrogens is 655 g/mol. The Morgan fingerprint density at radius 1 is 0.426 bits per heavy atom. The van der Waals surface area contributed by atoms with Gasteiger partial charge in [0.15, 0.2) is 0 Å². The second kappa shape index (κ2) is 13.9. The lowest BCUT2D eigenvalue weighted by molar-refractivity contribution is 0.445. The largest absolute Gasteiger partial charge is 0.456 e. The standard InChI is InChI=1S/C52H41NO/c1-3-14-36(15-4-1)37-28-31-42(32-29-37)53(43-21-11-20-40(34-43)41-30-33-47-46-23-8-10-27-50(46)54-51(47)35-41)49-26-9-7-22-45(49)48-25-13-19-39-18-12-24-44(52(39)48)38-16-5-2-6-17-38/h1,3-4,7-15,18-35,38H,2,5-6,16-17H2. The Hall–Kier alpha value is -6.38. The molecular formula is C52H41NO. The summed E-state index contributed by atoms with van der Waals surface area (Å²) < 4.78 is 6.32. The lowest BCUT2D eigenvalue weighted by atomic mass is 9.80. The third-order valence-corrected chi connectivity index (χ3v) is 11.5. The molecule has 54 heavy (non-hydrogen) atoms. The molecule has 2 nitrogen and oxygen atoms in total. The average molecular weight is 696 g/mol. The summed E-state index contributed by atoms with van der Waals surface area (Å²) in [5.41, 5.74) is 13.9. The summed E-state index contributed by atoms with van der Waals surface area (Å²) in [6.07, 6.45) is 6.50. The Morgan fingerprint density at radius 2 is 1.07 bits per heavy atom. The zero-order valence-electron chi connectivity index (χ0n) is 30.3. The van der Waals surface area contributed by atoms with Gasteiger partial charge in [-0.1, -0.05) is 153 Å². The summed E-state index contributed by atoms with van der Waals surface area (Å²) in [4.78, 5) is 2.44. The van der Waals surface area contributed by atoms with Gasteiger partial charge in [0.05, 0.1) is 5.69 Å². The van der Waals surface area contributed by atoms with Crippen LogP contribution in [0.2, 0.25) is 0 Å². The minimum absolute atomic E-state index is 0.596. The van der Waals surface area contributed by atoms with E-state index in [1.165, 1.54) is 70.7 Å². The molecule has 260 valence electrons. The van der Waals surface area contributed by atoms with E-state index in [9.17, 15) is 0 Å². The first-order valence-electron chi connectivity index (χ1n) is 19.4. The topological polar surface area (TPSA) is 16.4 Å². The van der Waals surface area contributed by atoms with Crippen molar-refractivity contribution in [3.8, 4) is 33.4 Å². The van der Waals surface area contributed by atoms with Crippen molar-refractivity contribution in [3.63, 3.8) is 0 Å². The summed E-state index contributed by atoms with van der Waals surface area (Å²) in [6, 6.07) is 66.3. The Labute approximate surface area is 316 Å². The van der Waals surface area contributed by atoms with Crippen LogP contribution in [-0.4, -0.2) is 0 Å². The molecule has 1 aliphatic carbocycles. The second-order valence-electron chi connectivity index (χ2n) is 14.7. The molecule has 10 rings (SSSR count). The van der Waals surface area contributed by atoms with Crippen LogP contribution in [0.15, 0.2) is 186 Å². The van der Waals surface area contributed by atoms with Gasteiger partial charge < -0.3 is 9.32 Å². The maximum absolute atomic E-state index is 6.32. The maximum Gasteiger partial charge on any atom is 0.136 e. The van der Waals surface area contributed by atoms with Crippen molar-refractivity contribution in [2.75, 3.05) is 4.90 Å². The predicted molar refractivity (Wildman–Crippen MR) is 228 cm³/mol. The smallest absolute Gasteiger partial charge is 0.136 e. The molecule has 0 atom stereocenters. The number of nitrogens with zero attached hydrogens (tertiary/aromatic N) is 1. The lowest BCUT2D eigenvalue weighted by Gasteiger charge is -2.29. The van der Waals surface area contributed by atoms with E-state index in [0.29, 0.717) is 5.92 Å². The third-order valence-electron chi connectivity index (χ3n) is 11.5. The Bertz CT molecular complexity index is 2750. The maximum atomic E-state index is 6.32. The van der Waals surface area contributed by atoms with E-state index >= 15 is 0 Å². The fourth-order valence-corrected chi connectivity index (χ4v) is 8.84. The van der Waals surface area contributed by atoms with Crippen LogP contribution in [0.4, 0.5) is 17.1 Å². The number of benzene rings is 8. The van der Waals surface area contributed by atoms with Crippen LogP contribution in [0.1, 0.15) is 43.6 Å². The molecule has 0 amide bonds. The summed E-state index contributed by atoms with van der Waals surface area (Å²) in [5.74, 6) is 0.596. The van der Waals surface area contributed by atoms with Crippen molar-refractivity contribution in [3.05, 3.63) is 188 Å². The molecule has 9 aromatic rings. The van der Waals surface area contributed by atoms with E-state index in [0.717, 1.165) is 50.1 Å². The Kier molecular flexibility index (Phi) is 8.30. The monoisotopic (exact) mass is 695 g/mol. The van der Waals surface area contributed by atoms with Gasteiger partial charge >= 0.3 is 0 Å². The summed E-state index contributed by atoms with van der Waals surface area (Å²) in [5, 5.41) is 5.00. The van der Waals surface area contributed by atoms with Gasteiger partial charge in [-0.05, 0) is 111 Å². The van der Waals surface area contributed by atoms with Crippen LogP contribution >= 0.6 is 0 Å². The minimum Gasteiger partial charge on any atom is -0.456 e. The summed E-state index contributed by atoms with van der Waals surface area (Å²) in [6.45, 7) is 0. The van der Waals surface area contributed by atoms with Gasteiger partial charge in [-0.3, -0.25) is 0 Å². The first-order valence-corrected chi connectivity index (χ1v) is 19.4. The van der Waals surface area contributed by atoms with Gasteiger partial charge in [-0.2, -0.15) is 0 Å². The number of fused-ring (bicyclic) bond motifs is 4. The fourth-order valence-electron chi connectivity index (χ4n) is 8.84. The van der Waals surface area contributed by atoms with Gasteiger partial charge in [0.2, 0.25) is 0 Å². The molecule has 1 fully saturated rings. The molecule has 8 aromatic carbocycles. The first kappa shape index (κ1) is 32.3. The van der Waals surface area contributed by atoms with Crippen molar-refractivity contribution < 1.29 is 4.42 Å². The predicted octanol–water partition coefficient (Wildman–Crippen LogP) is 15.3. The van der Waals surface area contributed by atoms with Gasteiger partial charge in [0.1, 0.15) is 11.2 Å². The van der Waals surface area contributed by atoms with Crippen LogP contribution in [0.3, 0.4) is 0 Å². The van der Waals surface area contributed by atoms with Crippen LogP contribution in [0.5, 0.6) is 0 Å². The van der Waals surface area contributed by atoms with E-state index in [1.54, 1.807) is 0 Å². The number of rotatable bonds is 7. The van der Waals surface area contributed by atoms with E-state index in [-0.39, 0.29) is 0 Å². The van der Waals surface area contributed by atoms with Crippen molar-refractivity contribution in [1.29, 1.82) is 0 Å². The van der Waals surface area contributed by atoms with Crippen molar-refractivity contribution >= 4 is 49.8 Å². The van der Waals surface area contributed by atoms with E-state index in [1.807, 2.05) is 12.1 Å². The molecule has 0 N–H and O–H groups in total. The van der Waals surface area contributed by atoms with Crippen molar-refractivity contribution in [1.82, 2.24) is 0 Å². The Morgan fingerprint density at radius 3 is 1.94 bits per heavy atom. The minimum atomic E-state index is 0.596. The zero-order valence-corrected chi connectivity index (χ0v) is 30.3. The zero-order chi connectivity index (χ0) is 35.8. The van der Waals surface area contributed by atoms with Crippen molar-refractivity contribution in [2.24, 2.45) is 0 Å². The van der Waals surface area contributed by atoms with E-state index < -0.39 is 0 Å². The van der Waals surface area contributed by atoms with E-state index in [4.69, 9.17) is 4.42 Å². The van der Waals surface area contributed by atoms with Gasteiger partial charge in [0.25, 0.3) is 0 Å². The molecule has 0 unspecified atom stereocenters. The third kappa shape index (κ3) is 5.85. The molecule has 0 bridgehead atoms. The Balaban J connectivity index is 1.14. The SMILES string of the molecule is c1ccc(-c2ccc(N(c3cccc(-c4ccc5c(c4)oc4ccccc45)c3)c3ccccc3-c3cccc4cccc(C5CCCCC5)c34)cc2)cc1. The number of furan rings is 1. The second-order valence-corrected chi connectivity index (χ2v) is 14.7. The van der Waals surface area contributed by atoms with Crippen LogP contribution in [0.25, 0.3) is 66.1 Å². The molecule has 0 radical (unpaired) electrons.